The fourth-order valence-corrected chi connectivity index (χ4v) is 1.99. The molecule has 1 aliphatic rings. The molecule has 0 aromatic carbocycles. The van der Waals surface area contributed by atoms with Crippen LogP contribution in [0.25, 0.3) is 0 Å². The van der Waals surface area contributed by atoms with Crippen molar-refractivity contribution in [3.05, 3.63) is 0 Å². The molecule has 0 bridgehead atoms. The molecule has 0 unspecified atom stereocenters. The molecule has 82 valence electrons. The lowest BCUT2D eigenvalue weighted by Gasteiger charge is -2.23. The molecule has 1 rings (SSSR count). The summed E-state index contributed by atoms with van der Waals surface area (Å²) < 4.78 is 4.95. The summed E-state index contributed by atoms with van der Waals surface area (Å²) in [6.07, 6.45) is 5.42. The molecule has 0 radical (unpaired) electrons. The first kappa shape index (κ1) is 11.5. The van der Waals surface area contributed by atoms with Crippen LogP contribution in [0.3, 0.4) is 0 Å². The van der Waals surface area contributed by atoms with Gasteiger partial charge in [0.25, 0.3) is 0 Å². The molecular formula is C11H20O3. The van der Waals surface area contributed by atoms with Gasteiger partial charge in [0, 0.05) is 0 Å². The molecule has 0 aromatic heterocycles. The number of carbonyl (C=O) groups is 1. The van der Waals surface area contributed by atoms with Crippen LogP contribution < -0.4 is 0 Å². The van der Waals surface area contributed by atoms with Crippen molar-refractivity contribution < 1.29 is 14.6 Å². The van der Waals surface area contributed by atoms with Crippen molar-refractivity contribution in [3.63, 3.8) is 0 Å². The van der Waals surface area contributed by atoms with Gasteiger partial charge in [-0.2, -0.15) is 0 Å². The minimum atomic E-state index is -0.491. The second-order valence-electron chi connectivity index (χ2n) is 3.92. The lowest BCUT2D eigenvalue weighted by Crippen LogP contribution is -2.30. The summed E-state index contributed by atoms with van der Waals surface area (Å²) in [6.45, 7) is 2.20. The van der Waals surface area contributed by atoms with Gasteiger partial charge in [0.1, 0.15) is 0 Å². The first-order chi connectivity index (χ1) is 6.75. The van der Waals surface area contributed by atoms with Crippen molar-refractivity contribution in [3.8, 4) is 0 Å². The number of esters is 1. The van der Waals surface area contributed by atoms with Gasteiger partial charge in [-0.05, 0) is 19.8 Å². The summed E-state index contributed by atoms with van der Waals surface area (Å²) in [7, 11) is 0. The van der Waals surface area contributed by atoms with Crippen LogP contribution in [0.4, 0.5) is 0 Å². The molecule has 0 aromatic rings. The van der Waals surface area contributed by atoms with Gasteiger partial charge >= 0.3 is 5.97 Å². The minimum Gasteiger partial charge on any atom is -0.466 e. The second-order valence-corrected chi connectivity index (χ2v) is 3.92. The van der Waals surface area contributed by atoms with Gasteiger partial charge in [-0.25, -0.2) is 0 Å². The topological polar surface area (TPSA) is 46.5 Å². The average molecular weight is 200 g/mol. The van der Waals surface area contributed by atoms with Gasteiger partial charge in [0.15, 0.2) is 0 Å². The number of carbonyl (C=O) groups excluding carboxylic acids is 1. The van der Waals surface area contributed by atoms with E-state index in [1.165, 1.54) is 12.8 Å². The Bertz CT molecular complexity index is 179. The van der Waals surface area contributed by atoms with E-state index in [0.29, 0.717) is 6.61 Å². The van der Waals surface area contributed by atoms with Crippen LogP contribution >= 0.6 is 0 Å². The summed E-state index contributed by atoms with van der Waals surface area (Å²) in [5.41, 5.74) is 0. The van der Waals surface area contributed by atoms with E-state index < -0.39 is 6.10 Å². The Morgan fingerprint density at radius 1 is 1.29 bits per heavy atom. The Morgan fingerprint density at radius 3 is 2.57 bits per heavy atom. The van der Waals surface area contributed by atoms with E-state index in [2.05, 4.69) is 0 Å². The molecular weight excluding hydrogens is 180 g/mol. The van der Waals surface area contributed by atoms with Crippen LogP contribution in [0, 0.1) is 5.92 Å². The Kier molecular flexibility index (Phi) is 4.94. The zero-order valence-electron chi connectivity index (χ0n) is 8.87. The fourth-order valence-electron chi connectivity index (χ4n) is 1.99. The van der Waals surface area contributed by atoms with Gasteiger partial charge < -0.3 is 9.84 Å². The summed E-state index contributed by atoms with van der Waals surface area (Å²) in [6, 6.07) is 0. The highest BCUT2D eigenvalue weighted by molar-refractivity contribution is 5.73. The third-order valence-corrected chi connectivity index (χ3v) is 2.82. The zero-order valence-corrected chi connectivity index (χ0v) is 8.87. The van der Waals surface area contributed by atoms with E-state index in [1.54, 1.807) is 6.92 Å². The molecule has 14 heavy (non-hydrogen) atoms. The molecule has 0 saturated heterocycles. The van der Waals surface area contributed by atoms with Gasteiger partial charge in [0.05, 0.1) is 18.6 Å². The highest BCUT2D eigenvalue weighted by atomic mass is 16.5. The highest BCUT2D eigenvalue weighted by Crippen LogP contribution is 2.23. The monoisotopic (exact) mass is 200 g/mol. The first-order valence-corrected chi connectivity index (χ1v) is 5.60. The van der Waals surface area contributed by atoms with Crippen LogP contribution in [0.2, 0.25) is 0 Å². The number of aliphatic hydroxyl groups is 1. The molecule has 3 heteroatoms. The van der Waals surface area contributed by atoms with E-state index in [0.717, 1.165) is 25.7 Å². The number of rotatable bonds is 2. The molecule has 1 N–H and O–H groups in total. The summed E-state index contributed by atoms with van der Waals surface area (Å²) in [5.74, 6) is -0.503. The summed E-state index contributed by atoms with van der Waals surface area (Å²) in [5, 5.41) is 9.77. The van der Waals surface area contributed by atoms with Crippen molar-refractivity contribution in [1.82, 2.24) is 0 Å². The minimum absolute atomic E-state index is 0.220. The Hall–Kier alpha value is -0.570. The Balaban J connectivity index is 2.48. The molecule has 3 nitrogen and oxygen atoms in total. The number of hydrogen-bond donors (Lipinski definition) is 1. The molecule has 1 fully saturated rings. The summed E-state index contributed by atoms with van der Waals surface area (Å²) in [4.78, 5) is 11.5. The van der Waals surface area contributed by atoms with Crippen LogP contribution in [0.15, 0.2) is 0 Å². The third-order valence-electron chi connectivity index (χ3n) is 2.82. The number of aliphatic hydroxyl groups excluding tert-OH is 1. The van der Waals surface area contributed by atoms with Gasteiger partial charge in [-0.1, -0.05) is 25.7 Å². The molecule has 0 heterocycles. The van der Waals surface area contributed by atoms with E-state index in [-0.39, 0.29) is 11.9 Å². The van der Waals surface area contributed by atoms with E-state index in [4.69, 9.17) is 4.74 Å². The molecule has 0 amide bonds. The lowest BCUT2D eigenvalue weighted by molar-refractivity contribution is -0.152. The maximum atomic E-state index is 11.5. The third kappa shape index (κ3) is 3.29. The largest absolute Gasteiger partial charge is 0.466 e. The van der Waals surface area contributed by atoms with Gasteiger partial charge in [0.2, 0.25) is 0 Å². The van der Waals surface area contributed by atoms with Crippen LogP contribution in [-0.2, 0) is 9.53 Å². The lowest BCUT2D eigenvalue weighted by atomic mass is 9.89. The van der Waals surface area contributed by atoms with Gasteiger partial charge in [-0.15, -0.1) is 0 Å². The molecule has 2 atom stereocenters. The van der Waals surface area contributed by atoms with E-state index in [9.17, 15) is 9.90 Å². The van der Waals surface area contributed by atoms with Crippen LogP contribution in [-0.4, -0.2) is 23.8 Å². The molecule has 1 saturated carbocycles. The maximum Gasteiger partial charge on any atom is 0.311 e. The van der Waals surface area contributed by atoms with Crippen molar-refractivity contribution in [1.29, 1.82) is 0 Å². The predicted molar refractivity (Wildman–Crippen MR) is 53.8 cm³/mol. The predicted octanol–water partition coefficient (Wildman–Crippen LogP) is 1.88. The summed E-state index contributed by atoms with van der Waals surface area (Å²) >= 11 is 0. The van der Waals surface area contributed by atoms with E-state index >= 15 is 0 Å². The highest BCUT2D eigenvalue weighted by Gasteiger charge is 2.28. The second kappa shape index (κ2) is 6.02. The smallest absolute Gasteiger partial charge is 0.311 e. The molecule has 1 aliphatic carbocycles. The fraction of sp³-hybridized carbons (Fsp3) is 0.909. The standard InChI is InChI=1S/C11H20O3/c1-2-14-11(13)9-7-5-3-4-6-8-10(9)12/h9-10,12H,2-8H2,1H3/t9-,10-/m0/s1. The molecule has 0 spiro atoms. The normalized spacial score (nSPS) is 29.0. The van der Waals surface area contributed by atoms with Crippen molar-refractivity contribution in [2.45, 2.75) is 51.6 Å². The van der Waals surface area contributed by atoms with Crippen LogP contribution in [0.1, 0.15) is 45.4 Å². The maximum absolute atomic E-state index is 11.5. The quantitative estimate of drug-likeness (QED) is 0.692. The first-order valence-electron chi connectivity index (χ1n) is 5.60. The van der Waals surface area contributed by atoms with Crippen molar-refractivity contribution in [2.75, 3.05) is 6.61 Å². The molecule has 0 aliphatic heterocycles. The van der Waals surface area contributed by atoms with E-state index in [1.807, 2.05) is 0 Å². The van der Waals surface area contributed by atoms with Crippen LogP contribution in [0.5, 0.6) is 0 Å². The average Bonchev–Trinajstić information content (AvgIpc) is 2.12. The number of ether oxygens (including phenoxy) is 1. The van der Waals surface area contributed by atoms with Crippen molar-refractivity contribution >= 4 is 5.97 Å². The zero-order chi connectivity index (χ0) is 10.4. The Morgan fingerprint density at radius 2 is 1.93 bits per heavy atom. The van der Waals surface area contributed by atoms with Crippen molar-refractivity contribution in [2.24, 2.45) is 5.92 Å². The number of hydrogen-bond acceptors (Lipinski definition) is 3. The van der Waals surface area contributed by atoms with Gasteiger partial charge in [-0.3, -0.25) is 4.79 Å². The SMILES string of the molecule is CCOC(=O)[C@H]1CCCCCC[C@@H]1O. The Labute approximate surface area is 85.5 Å².